The summed E-state index contributed by atoms with van der Waals surface area (Å²) in [5, 5.41) is 5.72. The van der Waals surface area contributed by atoms with Crippen LogP contribution in [0.4, 0.5) is 0 Å². The summed E-state index contributed by atoms with van der Waals surface area (Å²) >= 11 is 0. The van der Waals surface area contributed by atoms with Crippen LogP contribution in [0.3, 0.4) is 0 Å². The number of carbonyl (C=O) groups is 6. The van der Waals surface area contributed by atoms with Gasteiger partial charge in [0, 0.05) is 40.0 Å². The molecular weight excluding hydrogens is 650 g/mol. The van der Waals surface area contributed by atoms with Crippen molar-refractivity contribution >= 4 is 35.5 Å². The number of benzene rings is 2. The number of carbonyl (C=O) groups excluding carboxylic acids is 6. The summed E-state index contributed by atoms with van der Waals surface area (Å²) in [6.07, 6.45) is 0.238. The van der Waals surface area contributed by atoms with Crippen LogP contribution in [0.15, 0.2) is 60.7 Å². The smallest absolute Gasteiger partial charge is 0.308 e. The zero-order chi connectivity index (χ0) is 37.2. The highest BCUT2D eigenvalue weighted by molar-refractivity contribution is 5.96. The predicted octanol–water partition coefficient (Wildman–Crippen LogP) is 2.74. The van der Waals surface area contributed by atoms with Crippen LogP contribution in [0.25, 0.3) is 0 Å². The van der Waals surface area contributed by atoms with Crippen LogP contribution in [0.5, 0.6) is 0 Å². The number of rotatable bonds is 7. The van der Waals surface area contributed by atoms with Gasteiger partial charge in [0.15, 0.2) is 6.10 Å². The largest absolute Gasteiger partial charge is 0.452 e. The molecule has 0 bridgehead atoms. The van der Waals surface area contributed by atoms with Crippen LogP contribution in [-0.2, 0) is 46.3 Å². The van der Waals surface area contributed by atoms with Gasteiger partial charge in [-0.3, -0.25) is 28.8 Å². The summed E-state index contributed by atoms with van der Waals surface area (Å²) in [6.45, 7) is 7.71. The number of cyclic esters (lactones) is 1. The quantitative estimate of drug-likeness (QED) is 0.422. The molecule has 0 aromatic heterocycles. The second kappa shape index (κ2) is 18.0. The number of likely N-dealkylation sites (N-methyl/N-ethyl adjacent to an activating group) is 2. The highest BCUT2D eigenvalue weighted by atomic mass is 16.5. The molecule has 2 aromatic carbocycles. The van der Waals surface area contributed by atoms with E-state index in [9.17, 15) is 28.8 Å². The van der Waals surface area contributed by atoms with Gasteiger partial charge in [-0.2, -0.15) is 0 Å². The normalized spacial score (nSPS) is 24.9. The van der Waals surface area contributed by atoms with Gasteiger partial charge in [-0.25, -0.2) is 0 Å². The lowest BCUT2D eigenvalue weighted by atomic mass is 9.97. The standard InChI is InChI=1S/C39H53N5O7/c1-25(2)22-32-38(49)44-21-13-18-30(44)36(47)41-29(23-27-14-9-7-10-15-27)37(48)43(6)34(26(3)4)39(50)42(5)31(24-28-16-11-8-12-17-28)35(46)40-20-19-33(45)51-32/h7-12,14-17,25-26,29-32,34H,13,18-24H2,1-6H3,(H,40,46)(H,41,47)/t29-,30-,31?,32?,34-/m0/s1. The van der Waals surface area contributed by atoms with Crippen LogP contribution in [0.2, 0.25) is 0 Å². The Morgan fingerprint density at radius 3 is 1.96 bits per heavy atom. The second-order valence-corrected chi connectivity index (χ2v) is 14.4. The van der Waals surface area contributed by atoms with Crippen molar-refractivity contribution in [2.45, 2.75) is 96.5 Å². The number of amides is 5. The molecule has 2 heterocycles. The van der Waals surface area contributed by atoms with Gasteiger partial charge in [0.1, 0.15) is 24.2 Å². The van der Waals surface area contributed by atoms with E-state index in [1.807, 2.05) is 88.4 Å². The molecule has 2 saturated heterocycles. The number of hydrogen-bond acceptors (Lipinski definition) is 7. The third-order valence-electron chi connectivity index (χ3n) is 9.64. The first kappa shape index (κ1) is 39.1. The highest BCUT2D eigenvalue weighted by Crippen LogP contribution is 2.24. The minimum absolute atomic E-state index is 0.00655. The molecule has 12 heteroatoms. The number of hydrogen-bond donors (Lipinski definition) is 2. The van der Waals surface area contributed by atoms with E-state index >= 15 is 0 Å². The molecular formula is C39H53N5O7. The average Bonchev–Trinajstić information content (AvgIpc) is 3.59. The summed E-state index contributed by atoms with van der Waals surface area (Å²) in [5.74, 6) is -3.35. The molecule has 2 fully saturated rings. The number of nitrogens with one attached hydrogen (secondary N) is 2. The van der Waals surface area contributed by atoms with Crippen molar-refractivity contribution < 1.29 is 33.5 Å². The summed E-state index contributed by atoms with van der Waals surface area (Å²) in [5.41, 5.74) is 1.62. The summed E-state index contributed by atoms with van der Waals surface area (Å²) in [7, 11) is 3.09. The molecule has 51 heavy (non-hydrogen) atoms. The Morgan fingerprint density at radius 1 is 0.765 bits per heavy atom. The lowest BCUT2D eigenvalue weighted by molar-refractivity contribution is -0.162. The lowest BCUT2D eigenvalue weighted by Crippen LogP contribution is -2.60. The Morgan fingerprint density at radius 2 is 1.37 bits per heavy atom. The van der Waals surface area contributed by atoms with Crippen LogP contribution in [-0.4, -0.2) is 108 Å². The Bertz CT molecular complexity index is 1530. The average molecular weight is 704 g/mol. The van der Waals surface area contributed by atoms with E-state index in [1.165, 1.54) is 14.7 Å². The first-order valence-corrected chi connectivity index (χ1v) is 18.0. The fourth-order valence-electron chi connectivity index (χ4n) is 6.94. The number of fused-ring (bicyclic) bond motifs is 1. The van der Waals surface area contributed by atoms with Crippen molar-refractivity contribution in [2.75, 3.05) is 27.2 Å². The van der Waals surface area contributed by atoms with Crippen LogP contribution in [0.1, 0.15) is 64.5 Å². The molecule has 276 valence electrons. The molecule has 0 spiro atoms. The van der Waals surface area contributed by atoms with E-state index in [2.05, 4.69) is 10.6 Å². The maximum atomic E-state index is 14.4. The first-order valence-electron chi connectivity index (χ1n) is 18.0. The molecule has 0 radical (unpaired) electrons. The van der Waals surface area contributed by atoms with Gasteiger partial charge in [-0.05, 0) is 42.2 Å². The van der Waals surface area contributed by atoms with Crippen LogP contribution in [0, 0.1) is 11.8 Å². The van der Waals surface area contributed by atoms with E-state index in [4.69, 9.17) is 4.74 Å². The molecule has 12 nitrogen and oxygen atoms in total. The molecule has 2 aliphatic rings. The Labute approximate surface area is 301 Å². The zero-order valence-corrected chi connectivity index (χ0v) is 30.7. The van der Waals surface area contributed by atoms with E-state index in [-0.39, 0.29) is 44.1 Å². The van der Waals surface area contributed by atoms with Gasteiger partial charge in [0.25, 0.3) is 5.91 Å². The van der Waals surface area contributed by atoms with Gasteiger partial charge in [-0.1, -0.05) is 88.4 Å². The summed E-state index contributed by atoms with van der Waals surface area (Å²) in [4.78, 5) is 87.8. The molecule has 5 atom stereocenters. The molecule has 2 N–H and O–H groups in total. The van der Waals surface area contributed by atoms with Crippen molar-refractivity contribution in [1.29, 1.82) is 0 Å². The zero-order valence-electron chi connectivity index (χ0n) is 30.7. The molecule has 2 aliphatic heterocycles. The predicted molar refractivity (Wildman–Crippen MR) is 192 cm³/mol. The number of ether oxygens (including phenoxy) is 1. The summed E-state index contributed by atoms with van der Waals surface area (Å²) < 4.78 is 5.71. The van der Waals surface area contributed by atoms with Gasteiger partial charge < -0.3 is 30.1 Å². The summed E-state index contributed by atoms with van der Waals surface area (Å²) in [6, 6.07) is 14.7. The topological polar surface area (TPSA) is 145 Å². The SMILES string of the molecule is CC(C)CC1OC(=O)CCNC(=O)C(Cc2ccccc2)N(C)C(=O)[C@H](C(C)C)N(C)C(=O)[C@H](Cc2ccccc2)NC(=O)[C@@H]2CCCN2C1=O. The third-order valence-corrected chi connectivity index (χ3v) is 9.64. The fraction of sp³-hybridized carbons (Fsp3) is 0.538. The second-order valence-electron chi connectivity index (χ2n) is 14.4. The number of esters is 1. The van der Waals surface area contributed by atoms with E-state index < -0.39 is 65.8 Å². The Balaban J connectivity index is 1.75. The van der Waals surface area contributed by atoms with E-state index in [0.717, 1.165) is 11.1 Å². The maximum absolute atomic E-state index is 14.4. The molecule has 0 saturated carbocycles. The van der Waals surface area contributed by atoms with Crippen molar-refractivity contribution in [2.24, 2.45) is 11.8 Å². The Hall–Kier alpha value is -4.74. The fourth-order valence-corrected chi connectivity index (χ4v) is 6.94. The highest BCUT2D eigenvalue weighted by Gasteiger charge is 2.42. The third kappa shape index (κ3) is 10.2. The van der Waals surface area contributed by atoms with Crippen molar-refractivity contribution in [3.63, 3.8) is 0 Å². The molecule has 4 rings (SSSR count). The maximum Gasteiger partial charge on any atom is 0.308 e. The lowest BCUT2D eigenvalue weighted by Gasteiger charge is -2.38. The van der Waals surface area contributed by atoms with Crippen molar-refractivity contribution in [3.8, 4) is 0 Å². The van der Waals surface area contributed by atoms with E-state index in [0.29, 0.717) is 19.4 Å². The van der Waals surface area contributed by atoms with Crippen LogP contribution < -0.4 is 10.6 Å². The molecule has 2 aromatic rings. The van der Waals surface area contributed by atoms with Crippen LogP contribution >= 0.6 is 0 Å². The Kier molecular flexibility index (Phi) is 13.8. The van der Waals surface area contributed by atoms with Crippen molar-refractivity contribution in [1.82, 2.24) is 25.3 Å². The van der Waals surface area contributed by atoms with Gasteiger partial charge in [0.05, 0.1) is 6.42 Å². The first-order chi connectivity index (χ1) is 24.3. The van der Waals surface area contributed by atoms with Gasteiger partial charge >= 0.3 is 5.97 Å². The monoisotopic (exact) mass is 703 g/mol. The van der Waals surface area contributed by atoms with Gasteiger partial charge in [-0.15, -0.1) is 0 Å². The number of nitrogens with zero attached hydrogens (tertiary/aromatic N) is 3. The van der Waals surface area contributed by atoms with Gasteiger partial charge in [0.2, 0.25) is 23.6 Å². The minimum Gasteiger partial charge on any atom is -0.452 e. The minimum atomic E-state index is -1.11. The molecule has 0 aliphatic carbocycles. The molecule has 2 unspecified atom stereocenters. The van der Waals surface area contributed by atoms with Crippen molar-refractivity contribution in [3.05, 3.63) is 71.8 Å². The van der Waals surface area contributed by atoms with E-state index in [1.54, 1.807) is 14.1 Å². The molecule has 5 amide bonds.